The van der Waals surface area contributed by atoms with E-state index in [9.17, 15) is 9.59 Å². The SMILES string of the molecule is CCCCCCc1ccc(C(=O)Oc2ccc(C(C)CC(CC)c3ccc(OC(=O)/C=C/c4ccccc4)cc3)cc2)cc1. The third-order valence-electron chi connectivity index (χ3n) is 8.08. The molecule has 4 heteroatoms. The molecule has 0 aliphatic rings. The fourth-order valence-corrected chi connectivity index (χ4v) is 5.38. The molecule has 4 aromatic carbocycles. The molecule has 228 valence electrons. The average molecular weight is 589 g/mol. The van der Waals surface area contributed by atoms with E-state index in [1.54, 1.807) is 6.08 Å². The second kappa shape index (κ2) is 17.0. The maximum absolute atomic E-state index is 12.7. The Morgan fingerprint density at radius 2 is 1.34 bits per heavy atom. The molecule has 44 heavy (non-hydrogen) atoms. The van der Waals surface area contributed by atoms with Crippen molar-refractivity contribution in [1.29, 1.82) is 0 Å². The molecule has 0 radical (unpaired) electrons. The minimum atomic E-state index is -0.400. The van der Waals surface area contributed by atoms with Crippen molar-refractivity contribution < 1.29 is 19.1 Å². The highest BCUT2D eigenvalue weighted by atomic mass is 16.5. The number of unbranched alkanes of at least 4 members (excludes halogenated alkanes) is 3. The van der Waals surface area contributed by atoms with Crippen molar-refractivity contribution in [2.45, 2.75) is 77.6 Å². The van der Waals surface area contributed by atoms with E-state index in [1.807, 2.05) is 103 Å². The first kappa shape index (κ1) is 32.5. The van der Waals surface area contributed by atoms with E-state index in [0.717, 1.165) is 24.8 Å². The number of esters is 2. The molecule has 0 aliphatic heterocycles. The maximum Gasteiger partial charge on any atom is 0.343 e. The quantitative estimate of drug-likeness (QED) is 0.0600. The van der Waals surface area contributed by atoms with Gasteiger partial charge in [0.05, 0.1) is 5.56 Å². The van der Waals surface area contributed by atoms with Crippen LogP contribution < -0.4 is 9.47 Å². The van der Waals surface area contributed by atoms with Gasteiger partial charge in [0.2, 0.25) is 0 Å². The van der Waals surface area contributed by atoms with E-state index in [4.69, 9.17) is 9.47 Å². The third-order valence-corrected chi connectivity index (χ3v) is 8.08. The van der Waals surface area contributed by atoms with E-state index in [0.29, 0.717) is 28.9 Å². The summed E-state index contributed by atoms with van der Waals surface area (Å²) < 4.78 is 11.1. The minimum absolute atomic E-state index is 0.315. The fraction of sp³-hybridized carbons (Fsp3) is 0.300. The zero-order valence-corrected chi connectivity index (χ0v) is 26.2. The number of hydrogen-bond acceptors (Lipinski definition) is 4. The van der Waals surface area contributed by atoms with Gasteiger partial charge >= 0.3 is 11.9 Å². The Morgan fingerprint density at radius 1 is 0.705 bits per heavy atom. The van der Waals surface area contributed by atoms with Crippen LogP contribution in [0.3, 0.4) is 0 Å². The number of benzene rings is 4. The third kappa shape index (κ3) is 10.1. The summed E-state index contributed by atoms with van der Waals surface area (Å²) in [5.74, 6) is 1.02. The summed E-state index contributed by atoms with van der Waals surface area (Å²) in [6.45, 7) is 6.64. The summed E-state index contributed by atoms with van der Waals surface area (Å²) >= 11 is 0. The van der Waals surface area contributed by atoms with Crippen LogP contribution in [0, 0.1) is 0 Å². The van der Waals surface area contributed by atoms with Crippen molar-refractivity contribution in [2.75, 3.05) is 0 Å². The monoisotopic (exact) mass is 588 g/mol. The Hall–Kier alpha value is -4.44. The van der Waals surface area contributed by atoms with Crippen LogP contribution in [0.2, 0.25) is 0 Å². The van der Waals surface area contributed by atoms with E-state index in [1.165, 1.54) is 48.4 Å². The predicted octanol–water partition coefficient (Wildman–Crippen LogP) is 10.3. The smallest absolute Gasteiger partial charge is 0.343 e. The zero-order valence-electron chi connectivity index (χ0n) is 26.2. The lowest BCUT2D eigenvalue weighted by Gasteiger charge is -2.21. The average Bonchev–Trinajstić information content (AvgIpc) is 3.06. The Labute approximate surface area is 262 Å². The van der Waals surface area contributed by atoms with Gasteiger partial charge in [-0.1, -0.05) is 107 Å². The Kier molecular flexibility index (Phi) is 12.6. The molecular formula is C40H44O4. The van der Waals surface area contributed by atoms with Crippen LogP contribution in [0.4, 0.5) is 0 Å². The Balaban J connectivity index is 1.27. The standard InChI is InChI=1S/C40H44O4/c1-4-6-7-9-14-32-15-18-36(19-16-32)40(42)44-38-24-20-34(21-25-38)30(3)29-33(5-2)35-22-26-37(27-23-35)43-39(41)28-17-31-12-10-8-11-13-31/h8,10-13,15-28,30,33H,4-7,9,14,29H2,1-3H3/b28-17+. The normalized spacial score (nSPS) is 12.5. The molecule has 0 heterocycles. The molecule has 0 fully saturated rings. The molecule has 4 nitrogen and oxygen atoms in total. The van der Waals surface area contributed by atoms with Gasteiger partial charge in [0, 0.05) is 6.08 Å². The number of ether oxygens (including phenoxy) is 2. The van der Waals surface area contributed by atoms with E-state index in [-0.39, 0.29) is 5.97 Å². The van der Waals surface area contributed by atoms with Gasteiger partial charge in [-0.3, -0.25) is 0 Å². The van der Waals surface area contributed by atoms with Gasteiger partial charge < -0.3 is 9.47 Å². The van der Waals surface area contributed by atoms with Crippen LogP contribution in [-0.2, 0) is 11.2 Å². The summed E-state index contributed by atoms with van der Waals surface area (Å²) in [6.07, 6.45) is 11.1. The van der Waals surface area contributed by atoms with Gasteiger partial charge in [0.25, 0.3) is 0 Å². The molecule has 2 unspecified atom stereocenters. The summed E-state index contributed by atoms with van der Waals surface area (Å²) in [5, 5.41) is 0. The first-order valence-electron chi connectivity index (χ1n) is 15.9. The van der Waals surface area contributed by atoms with Gasteiger partial charge in [-0.25, -0.2) is 9.59 Å². The molecule has 0 saturated heterocycles. The molecule has 0 bridgehead atoms. The fourth-order valence-electron chi connectivity index (χ4n) is 5.38. The van der Waals surface area contributed by atoms with Gasteiger partial charge in [0.1, 0.15) is 11.5 Å². The molecule has 0 saturated carbocycles. The minimum Gasteiger partial charge on any atom is -0.423 e. The van der Waals surface area contributed by atoms with Gasteiger partial charge in [0.15, 0.2) is 0 Å². The van der Waals surface area contributed by atoms with Crippen LogP contribution >= 0.6 is 0 Å². The number of carbonyl (C=O) groups is 2. The molecule has 0 aliphatic carbocycles. The number of rotatable bonds is 15. The topological polar surface area (TPSA) is 52.6 Å². The van der Waals surface area contributed by atoms with Crippen molar-refractivity contribution in [3.05, 3.63) is 137 Å². The van der Waals surface area contributed by atoms with Crippen LogP contribution in [0.15, 0.2) is 109 Å². The van der Waals surface area contributed by atoms with Crippen LogP contribution in [0.25, 0.3) is 6.08 Å². The number of aryl methyl sites for hydroxylation is 1. The molecule has 0 aromatic heterocycles. The first-order valence-corrected chi connectivity index (χ1v) is 15.9. The lowest BCUT2D eigenvalue weighted by atomic mass is 9.84. The van der Waals surface area contributed by atoms with Gasteiger partial charge in [-0.15, -0.1) is 0 Å². The second-order valence-corrected chi connectivity index (χ2v) is 11.4. The van der Waals surface area contributed by atoms with E-state index >= 15 is 0 Å². The molecule has 4 aromatic rings. The number of carbonyl (C=O) groups excluding carboxylic acids is 2. The van der Waals surface area contributed by atoms with Crippen molar-refractivity contribution >= 4 is 18.0 Å². The van der Waals surface area contributed by atoms with E-state index in [2.05, 4.69) is 20.8 Å². The first-order chi connectivity index (χ1) is 21.4. The number of hydrogen-bond donors (Lipinski definition) is 0. The van der Waals surface area contributed by atoms with Crippen LogP contribution in [0.5, 0.6) is 11.5 Å². The summed E-state index contributed by atoms with van der Waals surface area (Å²) in [7, 11) is 0. The lowest BCUT2D eigenvalue weighted by molar-refractivity contribution is -0.128. The molecule has 4 rings (SSSR count). The molecule has 0 N–H and O–H groups in total. The van der Waals surface area contributed by atoms with Crippen molar-refractivity contribution in [3.8, 4) is 11.5 Å². The van der Waals surface area contributed by atoms with Gasteiger partial charge in [-0.05, 0) is 102 Å². The Morgan fingerprint density at radius 3 is 1.98 bits per heavy atom. The van der Waals surface area contributed by atoms with Crippen molar-refractivity contribution in [2.24, 2.45) is 0 Å². The van der Waals surface area contributed by atoms with Crippen LogP contribution in [0.1, 0.15) is 104 Å². The summed E-state index contributed by atoms with van der Waals surface area (Å²) in [4.78, 5) is 24.9. The highest BCUT2D eigenvalue weighted by molar-refractivity contribution is 5.91. The molecule has 2 atom stereocenters. The van der Waals surface area contributed by atoms with E-state index < -0.39 is 5.97 Å². The summed E-state index contributed by atoms with van der Waals surface area (Å²) in [6, 6.07) is 33.1. The van der Waals surface area contributed by atoms with Crippen molar-refractivity contribution in [3.63, 3.8) is 0 Å². The zero-order chi connectivity index (χ0) is 31.1. The molecule has 0 amide bonds. The largest absolute Gasteiger partial charge is 0.423 e. The van der Waals surface area contributed by atoms with Crippen LogP contribution in [-0.4, -0.2) is 11.9 Å². The lowest BCUT2D eigenvalue weighted by Crippen LogP contribution is -2.09. The molecule has 0 spiro atoms. The molecular weight excluding hydrogens is 544 g/mol. The second-order valence-electron chi connectivity index (χ2n) is 11.4. The highest BCUT2D eigenvalue weighted by Gasteiger charge is 2.16. The van der Waals surface area contributed by atoms with Gasteiger partial charge in [-0.2, -0.15) is 0 Å². The maximum atomic E-state index is 12.7. The Bertz CT molecular complexity index is 1470. The van der Waals surface area contributed by atoms with Crippen molar-refractivity contribution in [1.82, 2.24) is 0 Å². The predicted molar refractivity (Wildman–Crippen MR) is 179 cm³/mol. The highest BCUT2D eigenvalue weighted by Crippen LogP contribution is 2.33. The summed E-state index contributed by atoms with van der Waals surface area (Å²) in [5.41, 5.74) is 5.19.